The van der Waals surface area contributed by atoms with Gasteiger partial charge in [0.2, 0.25) is 0 Å². The molecule has 0 aliphatic carbocycles. The number of unbranched alkanes of at least 4 members (excludes halogenated alkanes) is 9. The van der Waals surface area contributed by atoms with Gasteiger partial charge in [-0.25, -0.2) is 0 Å². The molecular weight excluding hydrogens is 528 g/mol. The molecular formula is C36H62O6. The Kier molecular flexibility index (Phi) is 28.7. The molecule has 3 atom stereocenters. The number of rotatable bonds is 28. The van der Waals surface area contributed by atoms with E-state index < -0.39 is 12.2 Å². The molecule has 0 radical (unpaired) electrons. The largest absolute Gasteiger partial charge is 0.462 e. The first kappa shape index (κ1) is 39.8. The highest BCUT2D eigenvalue weighted by Crippen LogP contribution is 2.15. The molecule has 0 rings (SSSR count). The number of aliphatic hydroxyl groups excluding tert-OH is 2. The highest BCUT2D eigenvalue weighted by atomic mass is 16.6. The number of ether oxygens (including phenoxy) is 2. The van der Waals surface area contributed by atoms with Crippen LogP contribution in [-0.4, -0.2) is 47.6 Å². The van der Waals surface area contributed by atoms with E-state index in [0.29, 0.717) is 19.3 Å². The fourth-order valence-electron chi connectivity index (χ4n) is 4.25. The van der Waals surface area contributed by atoms with Crippen LogP contribution in [0.15, 0.2) is 48.6 Å². The molecule has 42 heavy (non-hydrogen) atoms. The molecule has 0 heterocycles. The van der Waals surface area contributed by atoms with Gasteiger partial charge in [0.15, 0.2) is 6.10 Å². The molecule has 0 saturated heterocycles. The Morgan fingerprint density at radius 2 is 1.45 bits per heavy atom. The van der Waals surface area contributed by atoms with Gasteiger partial charge >= 0.3 is 11.9 Å². The smallest absolute Gasteiger partial charge is 0.306 e. The minimum atomic E-state index is -0.809. The molecule has 0 aromatic heterocycles. The normalized spacial score (nSPS) is 14.3. The molecule has 0 saturated carbocycles. The van der Waals surface area contributed by atoms with Gasteiger partial charge in [-0.2, -0.15) is 0 Å². The van der Waals surface area contributed by atoms with Crippen molar-refractivity contribution in [3.8, 4) is 0 Å². The van der Waals surface area contributed by atoms with Crippen molar-refractivity contribution in [3.63, 3.8) is 0 Å². The molecule has 0 bridgehead atoms. The van der Waals surface area contributed by atoms with Crippen molar-refractivity contribution in [2.24, 2.45) is 5.92 Å². The Labute approximate surface area is 257 Å². The van der Waals surface area contributed by atoms with Crippen LogP contribution < -0.4 is 0 Å². The average Bonchev–Trinajstić information content (AvgIpc) is 2.98. The maximum Gasteiger partial charge on any atom is 0.306 e. The minimum Gasteiger partial charge on any atom is -0.462 e. The van der Waals surface area contributed by atoms with Crippen molar-refractivity contribution in [1.82, 2.24) is 0 Å². The van der Waals surface area contributed by atoms with E-state index in [4.69, 9.17) is 9.47 Å². The molecule has 0 aromatic rings. The maximum absolute atomic E-state index is 12.1. The number of hydrogen-bond acceptors (Lipinski definition) is 6. The predicted octanol–water partition coefficient (Wildman–Crippen LogP) is 8.72. The molecule has 6 nitrogen and oxygen atoms in total. The molecule has 6 heteroatoms. The number of carbonyl (C=O) groups excluding carboxylic acids is 2. The lowest BCUT2D eigenvalue weighted by atomic mass is 10.00. The maximum atomic E-state index is 12.1. The van der Waals surface area contributed by atoms with Crippen LogP contribution in [0.5, 0.6) is 0 Å². The molecule has 2 N–H and O–H groups in total. The molecule has 0 aromatic carbocycles. The summed E-state index contributed by atoms with van der Waals surface area (Å²) in [5.74, 6) is 0.107. The molecule has 0 spiro atoms. The van der Waals surface area contributed by atoms with Crippen LogP contribution in [0, 0.1) is 5.92 Å². The van der Waals surface area contributed by atoms with Gasteiger partial charge in [-0.3, -0.25) is 9.59 Å². The average molecular weight is 591 g/mol. The van der Waals surface area contributed by atoms with Gasteiger partial charge in [0.25, 0.3) is 0 Å². The lowest BCUT2D eigenvalue weighted by Crippen LogP contribution is -2.28. The number of allylic oxidation sites excluding steroid dienone is 6. The minimum absolute atomic E-state index is 0.116. The zero-order valence-corrected chi connectivity index (χ0v) is 27.0. The van der Waals surface area contributed by atoms with E-state index in [9.17, 15) is 19.8 Å². The van der Waals surface area contributed by atoms with E-state index in [0.717, 1.165) is 44.4 Å². The van der Waals surface area contributed by atoms with Crippen LogP contribution in [0.4, 0.5) is 0 Å². The lowest BCUT2D eigenvalue weighted by Gasteiger charge is -2.15. The summed E-state index contributed by atoms with van der Waals surface area (Å²) in [5, 5.41) is 19.4. The second-order valence-electron chi connectivity index (χ2n) is 11.3. The molecule has 0 aliphatic rings. The third-order valence-corrected chi connectivity index (χ3v) is 7.25. The van der Waals surface area contributed by atoms with Gasteiger partial charge in [-0.05, 0) is 50.9 Å². The van der Waals surface area contributed by atoms with Gasteiger partial charge in [0, 0.05) is 12.8 Å². The van der Waals surface area contributed by atoms with Crippen molar-refractivity contribution in [2.75, 3.05) is 13.2 Å². The van der Waals surface area contributed by atoms with Gasteiger partial charge in [0.1, 0.15) is 6.61 Å². The van der Waals surface area contributed by atoms with Crippen LogP contribution >= 0.6 is 0 Å². The van der Waals surface area contributed by atoms with Crippen LogP contribution in [0.25, 0.3) is 0 Å². The highest BCUT2D eigenvalue weighted by molar-refractivity contribution is 5.70. The Bertz CT molecular complexity index is 754. The summed E-state index contributed by atoms with van der Waals surface area (Å²) in [5.41, 5.74) is 0. The van der Waals surface area contributed by atoms with Gasteiger partial charge < -0.3 is 19.7 Å². The molecule has 0 aliphatic heterocycles. The summed E-state index contributed by atoms with van der Waals surface area (Å²) in [6.07, 6.45) is 32.0. The zero-order chi connectivity index (χ0) is 31.1. The first-order valence-corrected chi connectivity index (χ1v) is 16.7. The first-order valence-electron chi connectivity index (χ1n) is 16.7. The van der Waals surface area contributed by atoms with Crippen molar-refractivity contribution < 1.29 is 29.3 Å². The standard InChI is InChI=1S/C36H62O6/c1-4-6-7-8-16-21-26-33(38)27-22-17-11-9-10-12-18-23-28-35(39)41-31-34(30-37)42-36(40)29-24-19-14-13-15-20-25-32(3)5-2/h10-12,16-17,21-22,27,32-34,37-38H,4-9,13-15,18-20,23-26,28-31H2,1-3H3/b12-10-,17-11-,21-16-,27-22+/t32?,33-,34+/m1/s1. The van der Waals surface area contributed by atoms with Gasteiger partial charge in [-0.15, -0.1) is 0 Å². The third kappa shape index (κ3) is 28.0. The van der Waals surface area contributed by atoms with Crippen LogP contribution in [-0.2, 0) is 19.1 Å². The Morgan fingerprint density at radius 1 is 0.762 bits per heavy atom. The fourth-order valence-corrected chi connectivity index (χ4v) is 4.25. The van der Waals surface area contributed by atoms with E-state index in [1.165, 1.54) is 51.4 Å². The lowest BCUT2D eigenvalue weighted by molar-refractivity contribution is -0.161. The van der Waals surface area contributed by atoms with E-state index in [2.05, 4.69) is 26.8 Å². The van der Waals surface area contributed by atoms with Crippen LogP contribution in [0.2, 0.25) is 0 Å². The van der Waals surface area contributed by atoms with Crippen LogP contribution in [0.3, 0.4) is 0 Å². The predicted molar refractivity (Wildman–Crippen MR) is 174 cm³/mol. The van der Waals surface area contributed by atoms with E-state index in [1.807, 2.05) is 36.5 Å². The van der Waals surface area contributed by atoms with E-state index in [1.54, 1.807) is 6.08 Å². The number of aliphatic hydroxyl groups is 2. The summed E-state index contributed by atoms with van der Waals surface area (Å²) in [6.45, 7) is 6.25. The number of esters is 2. The second kappa shape index (κ2) is 30.3. The highest BCUT2D eigenvalue weighted by Gasteiger charge is 2.16. The van der Waals surface area contributed by atoms with Crippen molar-refractivity contribution in [1.29, 1.82) is 0 Å². The van der Waals surface area contributed by atoms with Gasteiger partial charge in [-0.1, -0.05) is 127 Å². The number of carbonyl (C=O) groups is 2. The molecule has 1 unspecified atom stereocenters. The summed E-state index contributed by atoms with van der Waals surface area (Å²) >= 11 is 0. The fraction of sp³-hybridized carbons (Fsp3) is 0.722. The first-order chi connectivity index (χ1) is 20.4. The molecule has 242 valence electrons. The SMILES string of the molecule is CCCCC/C=C\C[C@@H](O)/C=C/C=C\C/C=C\CCCC(=O)OC[C@H](CO)OC(=O)CCCCCCCCC(C)CC. The molecule has 0 fully saturated rings. The van der Waals surface area contributed by atoms with Crippen molar-refractivity contribution >= 4 is 11.9 Å². The van der Waals surface area contributed by atoms with Crippen LogP contribution in [0.1, 0.15) is 136 Å². The quantitative estimate of drug-likeness (QED) is 0.0410. The molecule has 0 amide bonds. The van der Waals surface area contributed by atoms with E-state index in [-0.39, 0.29) is 31.6 Å². The van der Waals surface area contributed by atoms with Gasteiger partial charge in [0.05, 0.1) is 12.7 Å². The monoisotopic (exact) mass is 590 g/mol. The summed E-state index contributed by atoms with van der Waals surface area (Å²) in [6, 6.07) is 0. The summed E-state index contributed by atoms with van der Waals surface area (Å²) in [7, 11) is 0. The zero-order valence-electron chi connectivity index (χ0n) is 27.0. The topological polar surface area (TPSA) is 93.1 Å². The second-order valence-corrected chi connectivity index (χ2v) is 11.3. The van der Waals surface area contributed by atoms with Crippen molar-refractivity contribution in [3.05, 3.63) is 48.6 Å². The van der Waals surface area contributed by atoms with E-state index >= 15 is 0 Å². The summed E-state index contributed by atoms with van der Waals surface area (Å²) < 4.78 is 10.5. The Balaban J connectivity index is 3.82. The third-order valence-electron chi connectivity index (χ3n) is 7.25. The Morgan fingerprint density at radius 3 is 2.19 bits per heavy atom. The number of hydrogen-bond donors (Lipinski definition) is 2. The summed E-state index contributed by atoms with van der Waals surface area (Å²) in [4.78, 5) is 24.1. The van der Waals surface area contributed by atoms with Crippen molar-refractivity contribution in [2.45, 2.75) is 149 Å². The Hall–Kier alpha value is -2.18.